The molecule has 0 amide bonds. The van der Waals surface area contributed by atoms with Crippen molar-refractivity contribution in [3.05, 3.63) is 28.8 Å². The zero-order valence-corrected chi connectivity index (χ0v) is 12.4. The number of halogens is 1. The summed E-state index contributed by atoms with van der Waals surface area (Å²) in [7, 11) is 3.71. The van der Waals surface area contributed by atoms with Gasteiger partial charge < -0.3 is 14.8 Å². The number of hydrogen-bond donors (Lipinski definition) is 1. The maximum atomic E-state index is 6.07. The summed E-state index contributed by atoms with van der Waals surface area (Å²) in [4.78, 5) is 0. The predicted molar refractivity (Wildman–Crippen MR) is 78.1 cm³/mol. The van der Waals surface area contributed by atoms with E-state index in [1.165, 1.54) is 6.42 Å². The molecular formula is C15H22ClNO2. The van der Waals surface area contributed by atoms with Crippen LogP contribution in [0.25, 0.3) is 0 Å². The van der Waals surface area contributed by atoms with E-state index < -0.39 is 0 Å². The molecule has 1 aliphatic rings. The van der Waals surface area contributed by atoms with E-state index in [-0.39, 0.29) is 0 Å². The van der Waals surface area contributed by atoms with Crippen LogP contribution in [0.1, 0.15) is 18.4 Å². The number of nitrogens with one attached hydrogen (secondary N) is 1. The number of methoxy groups -OCH3 is 1. The van der Waals surface area contributed by atoms with E-state index in [4.69, 9.17) is 21.1 Å². The Hall–Kier alpha value is -0.770. The summed E-state index contributed by atoms with van der Waals surface area (Å²) in [5.41, 5.74) is 1.16. The lowest BCUT2D eigenvalue weighted by Crippen LogP contribution is -2.30. The number of ether oxygens (including phenoxy) is 2. The minimum atomic E-state index is 0.430. The van der Waals surface area contributed by atoms with Crippen molar-refractivity contribution in [3.8, 4) is 5.75 Å². The summed E-state index contributed by atoms with van der Waals surface area (Å²) in [5, 5.41) is 4.15. The summed E-state index contributed by atoms with van der Waals surface area (Å²) in [6, 6.07) is 6.22. The molecule has 1 fully saturated rings. The first-order chi connectivity index (χ1) is 9.22. The Morgan fingerprint density at radius 3 is 3.00 bits per heavy atom. The van der Waals surface area contributed by atoms with Crippen LogP contribution in [0.2, 0.25) is 5.02 Å². The van der Waals surface area contributed by atoms with Crippen LogP contribution in [0.4, 0.5) is 0 Å². The second kappa shape index (κ2) is 7.13. The molecule has 0 spiro atoms. The molecule has 0 aliphatic carbocycles. The summed E-state index contributed by atoms with van der Waals surface area (Å²) < 4.78 is 10.8. The fourth-order valence-electron chi connectivity index (χ4n) is 2.65. The zero-order chi connectivity index (χ0) is 13.7. The molecule has 1 heterocycles. The molecular weight excluding hydrogens is 262 g/mol. The Bertz CT molecular complexity index is 405. The highest BCUT2D eigenvalue weighted by Gasteiger charge is 2.21. The lowest BCUT2D eigenvalue weighted by atomic mass is 9.94. The van der Waals surface area contributed by atoms with Crippen LogP contribution in [0.3, 0.4) is 0 Å². The number of likely N-dealkylation sites (N-methyl/N-ethyl adjacent to an activating group) is 1. The fourth-order valence-corrected chi connectivity index (χ4v) is 2.84. The topological polar surface area (TPSA) is 30.5 Å². The molecule has 0 bridgehead atoms. The second-order valence-electron chi connectivity index (χ2n) is 5.11. The average molecular weight is 284 g/mol. The molecule has 1 aromatic rings. The van der Waals surface area contributed by atoms with Gasteiger partial charge in [0.25, 0.3) is 0 Å². The van der Waals surface area contributed by atoms with E-state index in [0.717, 1.165) is 42.4 Å². The van der Waals surface area contributed by atoms with Gasteiger partial charge in [-0.1, -0.05) is 11.6 Å². The third kappa shape index (κ3) is 4.10. The van der Waals surface area contributed by atoms with Gasteiger partial charge in [0, 0.05) is 24.3 Å². The quantitative estimate of drug-likeness (QED) is 0.871. The molecule has 19 heavy (non-hydrogen) atoms. The molecule has 0 saturated carbocycles. The number of benzene rings is 1. The summed E-state index contributed by atoms with van der Waals surface area (Å²) in [6.45, 7) is 1.80. The Balaban J connectivity index is 2.02. The van der Waals surface area contributed by atoms with Gasteiger partial charge in [-0.15, -0.1) is 0 Å². The van der Waals surface area contributed by atoms with Crippen LogP contribution < -0.4 is 10.1 Å². The fraction of sp³-hybridized carbons (Fsp3) is 0.600. The Morgan fingerprint density at radius 2 is 2.37 bits per heavy atom. The highest BCUT2D eigenvalue weighted by atomic mass is 35.5. The lowest BCUT2D eigenvalue weighted by molar-refractivity contribution is 0.181. The van der Waals surface area contributed by atoms with E-state index in [9.17, 15) is 0 Å². The van der Waals surface area contributed by atoms with Crippen molar-refractivity contribution in [2.24, 2.45) is 5.92 Å². The summed E-state index contributed by atoms with van der Waals surface area (Å²) in [6.07, 6.45) is 3.23. The highest BCUT2D eigenvalue weighted by molar-refractivity contribution is 6.30. The molecule has 2 atom stereocenters. The van der Waals surface area contributed by atoms with E-state index in [1.54, 1.807) is 7.11 Å². The number of hydrogen-bond acceptors (Lipinski definition) is 3. The molecule has 0 aromatic heterocycles. The van der Waals surface area contributed by atoms with E-state index in [1.807, 2.05) is 25.2 Å². The maximum absolute atomic E-state index is 6.07. The second-order valence-corrected chi connectivity index (χ2v) is 5.55. The molecule has 2 rings (SSSR count). The van der Waals surface area contributed by atoms with Crippen molar-refractivity contribution in [1.82, 2.24) is 5.32 Å². The van der Waals surface area contributed by atoms with Gasteiger partial charge in [0.1, 0.15) is 5.75 Å². The van der Waals surface area contributed by atoms with Gasteiger partial charge in [0.05, 0.1) is 7.11 Å². The molecule has 3 nitrogen and oxygen atoms in total. The molecule has 1 aromatic carbocycles. The summed E-state index contributed by atoms with van der Waals surface area (Å²) in [5.74, 6) is 1.58. The summed E-state index contributed by atoms with van der Waals surface area (Å²) >= 11 is 6.07. The van der Waals surface area contributed by atoms with Crippen LogP contribution in [0.15, 0.2) is 18.2 Å². The van der Waals surface area contributed by atoms with Crippen LogP contribution in [-0.2, 0) is 11.2 Å². The SMILES string of the molecule is CNC(Cc1cc(Cl)ccc1OC)CC1CCOC1. The molecule has 106 valence electrons. The third-order valence-corrected chi connectivity index (χ3v) is 3.99. The monoisotopic (exact) mass is 283 g/mol. The first kappa shape index (κ1) is 14.6. The van der Waals surface area contributed by atoms with Crippen molar-refractivity contribution in [1.29, 1.82) is 0 Å². The smallest absolute Gasteiger partial charge is 0.122 e. The van der Waals surface area contributed by atoms with Crippen molar-refractivity contribution in [3.63, 3.8) is 0 Å². The Labute approximate surface area is 120 Å². The molecule has 1 aliphatic heterocycles. The minimum absolute atomic E-state index is 0.430. The van der Waals surface area contributed by atoms with Gasteiger partial charge in [-0.25, -0.2) is 0 Å². The van der Waals surface area contributed by atoms with Crippen LogP contribution >= 0.6 is 11.6 Å². The van der Waals surface area contributed by atoms with E-state index in [2.05, 4.69) is 5.32 Å². The van der Waals surface area contributed by atoms with Crippen molar-refractivity contribution in [2.75, 3.05) is 27.4 Å². The normalized spacial score (nSPS) is 20.5. The standard InChI is InChI=1S/C15H22ClNO2/c1-17-14(7-11-5-6-19-10-11)9-12-8-13(16)3-4-15(12)18-2/h3-4,8,11,14,17H,5-7,9-10H2,1-2H3. The highest BCUT2D eigenvalue weighted by Crippen LogP contribution is 2.26. The van der Waals surface area contributed by atoms with Gasteiger partial charge in [-0.2, -0.15) is 0 Å². The average Bonchev–Trinajstić information content (AvgIpc) is 2.91. The third-order valence-electron chi connectivity index (χ3n) is 3.76. The first-order valence-electron chi connectivity index (χ1n) is 6.80. The number of rotatable bonds is 6. The van der Waals surface area contributed by atoms with Crippen molar-refractivity contribution in [2.45, 2.75) is 25.3 Å². The van der Waals surface area contributed by atoms with Crippen molar-refractivity contribution < 1.29 is 9.47 Å². The van der Waals surface area contributed by atoms with Gasteiger partial charge in [-0.3, -0.25) is 0 Å². The van der Waals surface area contributed by atoms with E-state index in [0.29, 0.717) is 12.0 Å². The first-order valence-corrected chi connectivity index (χ1v) is 7.18. The maximum Gasteiger partial charge on any atom is 0.122 e. The van der Waals surface area contributed by atoms with E-state index >= 15 is 0 Å². The molecule has 1 saturated heterocycles. The van der Waals surface area contributed by atoms with Gasteiger partial charge in [0.2, 0.25) is 0 Å². The minimum Gasteiger partial charge on any atom is -0.496 e. The van der Waals surface area contributed by atoms with Crippen LogP contribution in [0.5, 0.6) is 5.75 Å². The van der Waals surface area contributed by atoms with Crippen LogP contribution in [-0.4, -0.2) is 33.4 Å². The lowest BCUT2D eigenvalue weighted by Gasteiger charge is -2.20. The Morgan fingerprint density at radius 1 is 1.53 bits per heavy atom. The van der Waals surface area contributed by atoms with Gasteiger partial charge in [0.15, 0.2) is 0 Å². The van der Waals surface area contributed by atoms with Gasteiger partial charge in [-0.05, 0) is 56.0 Å². The molecule has 0 radical (unpaired) electrons. The molecule has 1 N–H and O–H groups in total. The Kier molecular flexibility index (Phi) is 5.49. The van der Waals surface area contributed by atoms with Gasteiger partial charge >= 0.3 is 0 Å². The van der Waals surface area contributed by atoms with Crippen LogP contribution in [0, 0.1) is 5.92 Å². The predicted octanol–water partition coefficient (Wildman–Crippen LogP) is 2.91. The molecule has 2 unspecified atom stereocenters. The molecule has 4 heteroatoms. The van der Waals surface area contributed by atoms with Crippen molar-refractivity contribution >= 4 is 11.6 Å². The largest absolute Gasteiger partial charge is 0.496 e. The zero-order valence-electron chi connectivity index (χ0n) is 11.6.